The van der Waals surface area contributed by atoms with Crippen molar-refractivity contribution in [1.82, 2.24) is 4.90 Å². The third-order valence-electron chi connectivity index (χ3n) is 10.3. The summed E-state index contributed by atoms with van der Waals surface area (Å²) in [6.45, 7) is 0. The average molecular weight is 688 g/mol. The van der Waals surface area contributed by atoms with Crippen molar-refractivity contribution < 1.29 is 8.83 Å². The molecule has 0 radical (unpaired) electrons. The van der Waals surface area contributed by atoms with Crippen LogP contribution in [0.25, 0.3) is 75.2 Å². The Morgan fingerprint density at radius 2 is 1.25 bits per heavy atom. The van der Waals surface area contributed by atoms with Crippen LogP contribution in [-0.4, -0.2) is 23.6 Å². The maximum absolute atomic E-state index is 6.71. The molecule has 3 aromatic heterocycles. The van der Waals surface area contributed by atoms with Crippen LogP contribution in [0.2, 0.25) is 0 Å². The molecule has 1 unspecified atom stereocenters. The third kappa shape index (κ3) is 4.34. The van der Waals surface area contributed by atoms with Crippen LogP contribution in [0.3, 0.4) is 0 Å². The topological polar surface area (TPSA) is 54.2 Å². The number of amidine groups is 2. The first kappa shape index (κ1) is 29.3. The van der Waals surface area contributed by atoms with Crippen LogP contribution in [0.4, 0.5) is 0 Å². The van der Waals surface area contributed by atoms with Crippen molar-refractivity contribution in [3.05, 3.63) is 168 Å². The fraction of sp³-hybridized carbons (Fsp3) is 0.0435. The number of aliphatic imine (C=N–C) groups is 2. The lowest BCUT2D eigenvalue weighted by molar-refractivity contribution is 0.383. The van der Waals surface area contributed by atoms with Crippen LogP contribution in [0.1, 0.15) is 22.9 Å². The Bertz CT molecular complexity index is 3110. The molecule has 52 heavy (non-hydrogen) atoms. The zero-order valence-corrected chi connectivity index (χ0v) is 28.9. The molecule has 6 heteroatoms. The van der Waals surface area contributed by atoms with Gasteiger partial charge in [-0.3, -0.25) is 0 Å². The van der Waals surface area contributed by atoms with Crippen molar-refractivity contribution in [3.63, 3.8) is 0 Å². The Labute approximate surface area is 302 Å². The number of para-hydroxylation sites is 2. The summed E-state index contributed by atoms with van der Waals surface area (Å²) in [4.78, 5) is 12.8. The van der Waals surface area contributed by atoms with E-state index >= 15 is 0 Å². The van der Waals surface area contributed by atoms with Gasteiger partial charge in [-0.15, -0.1) is 11.3 Å². The number of hydrogen-bond acceptors (Lipinski definition) is 6. The first-order chi connectivity index (χ1) is 25.7. The van der Waals surface area contributed by atoms with Crippen molar-refractivity contribution in [3.8, 4) is 11.1 Å². The first-order valence-corrected chi connectivity index (χ1v) is 18.2. The van der Waals surface area contributed by atoms with Gasteiger partial charge in [0, 0.05) is 71.0 Å². The number of fused-ring (bicyclic) bond motifs is 9. The molecule has 0 amide bonds. The number of hydrogen-bond donors (Lipinski definition) is 0. The molecule has 5 nitrogen and oxygen atoms in total. The molecular weight excluding hydrogens is 659 g/mol. The number of nitrogens with zero attached hydrogens (tertiary/aromatic N) is 3. The summed E-state index contributed by atoms with van der Waals surface area (Å²) >= 11 is 1.84. The summed E-state index contributed by atoms with van der Waals surface area (Å²) in [6, 6.07) is 52.9. The van der Waals surface area contributed by atoms with Crippen LogP contribution >= 0.6 is 11.3 Å². The predicted octanol–water partition coefficient (Wildman–Crippen LogP) is 12.4. The van der Waals surface area contributed by atoms with Gasteiger partial charge >= 0.3 is 0 Å². The summed E-state index contributed by atoms with van der Waals surface area (Å²) in [5, 5.41) is 6.77. The second kappa shape index (κ2) is 11.3. The van der Waals surface area contributed by atoms with E-state index in [0.717, 1.165) is 72.0 Å². The van der Waals surface area contributed by atoms with Gasteiger partial charge in [0.2, 0.25) is 0 Å². The SMILES string of the molecule is CN1C(c2ccc3oc4c(-c5cccc6c5sc5ccccc56)cccc4c3c2)=NC(c2cccc3oc4ccccc4c23)=NC1c1ccccc1. The fourth-order valence-electron chi connectivity index (χ4n) is 7.92. The summed E-state index contributed by atoms with van der Waals surface area (Å²) in [5.41, 5.74) is 8.72. The van der Waals surface area contributed by atoms with E-state index in [4.69, 9.17) is 18.8 Å². The summed E-state index contributed by atoms with van der Waals surface area (Å²) in [6.07, 6.45) is -0.276. The highest BCUT2D eigenvalue weighted by Crippen LogP contribution is 2.44. The van der Waals surface area contributed by atoms with Gasteiger partial charge in [0.1, 0.15) is 34.3 Å². The Balaban J connectivity index is 1.09. The lowest BCUT2D eigenvalue weighted by Crippen LogP contribution is -2.35. The minimum atomic E-state index is -0.276. The van der Waals surface area contributed by atoms with Crippen molar-refractivity contribution >= 4 is 87.1 Å². The lowest BCUT2D eigenvalue weighted by Gasteiger charge is -2.32. The van der Waals surface area contributed by atoms with Gasteiger partial charge in [-0.1, -0.05) is 115 Å². The second-order valence-corrected chi connectivity index (χ2v) is 14.4. The molecular formula is C46H29N3O2S. The minimum Gasteiger partial charge on any atom is -0.456 e. The van der Waals surface area contributed by atoms with Crippen LogP contribution in [0.15, 0.2) is 170 Å². The van der Waals surface area contributed by atoms with Crippen molar-refractivity contribution in [2.45, 2.75) is 6.17 Å². The monoisotopic (exact) mass is 687 g/mol. The van der Waals surface area contributed by atoms with E-state index in [-0.39, 0.29) is 6.17 Å². The lowest BCUT2D eigenvalue weighted by atomic mass is 9.99. The highest BCUT2D eigenvalue weighted by atomic mass is 32.1. The Morgan fingerprint density at radius 3 is 2.15 bits per heavy atom. The number of thiophene rings is 1. The third-order valence-corrected chi connectivity index (χ3v) is 11.6. The van der Waals surface area contributed by atoms with Crippen LogP contribution in [0, 0.1) is 0 Å². The van der Waals surface area contributed by atoms with E-state index in [2.05, 4.69) is 127 Å². The van der Waals surface area contributed by atoms with Gasteiger partial charge in [0.15, 0.2) is 5.84 Å². The maximum atomic E-state index is 6.71. The molecule has 246 valence electrons. The minimum absolute atomic E-state index is 0.276. The molecule has 1 atom stereocenters. The largest absolute Gasteiger partial charge is 0.456 e. The molecule has 1 aliphatic heterocycles. The average Bonchev–Trinajstić information content (AvgIpc) is 3.89. The molecule has 0 saturated heterocycles. The number of furan rings is 2. The zero-order valence-electron chi connectivity index (χ0n) is 28.1. The van der Waals surface area contributed by atoms with E-state index in [0.29, 0.717) is 5.84 Å². The molecule has 0 spiro atoms. The molecule has 4 heterocycles. The van der Waals surface area contributed by atoms with E-state index in [1.165, 1.54) is 25.7 Å². The standard InChI is InChI=1S/C46H29N3O2S/c1-49-45(27-12-3-2-4-13-27)47-44(35-20-11-22-39-41(35)34-15-5-7-21-37(34)50-39)48-46(49)28-24-25-38-36(26-28)31-17-9-16-30(42(31)51-38)33-19-10-18-32-29-14-6-8-23-40(29)52-43(32)33/h2-26,45H,1H3. The van der Waals surface area contributed by atoms with Gasteiger partial charge in [-0.2, -0.15) is 0 Å². The van der Waals surface area contributed by atoms with Crippen molar-refractivity contribution in [2.75, 3.05) is 7.05 Å². The molecule has 0 bridgehead atoms. The molecule has 7 aromatic carbocycles. The fourth-order valence-corrected chi connectivity index (χ4v) is 9.15. The van der Waals surface area contributed by atoms with Crippen molar-refractivity contribution in [1.29, 1.82) is 0 Å². The van der Waals surface area contributed by atoms with Gasteiger partial charge in [0.25, 0.3) is 0 Å². The molecule has 0 N–H and O–H groups in total. The summed E-state index contributed by atoms with van der Waals surface area (Å²) in [7, 11) is 2.08. The quantitative estimate of drug-likeness (QED) is 0.185. The maximum Gasteiger partial charge on any atom is 0.160 e. The molecule has 0 saturated carbocycles. The van der Waals surface area contributed by atoms with E-state index in [1.54, 1.807) is 0 Å². The van der Waals surface area contributed by atoms with Crippen molar-refractivity contribution in [2.24, 2.45) is 9.98 Å². The zero-order chi connectivity index (χ0) is 34.3. The Morgan fingerprint density at radius 1 is 0.558 bits per heavy atom. The first-order valence-electron chi connectivity index (χ1n) is 17.4. The summed E-state index contributed by atoms with van der Waals surface area (Å²) < 4.78 is 15.5. The number of rotatable bonds is 4. The predicted molar refractivity (Wildman–Crippen MR) is 216 cm³/mol. The van der Waals surface area contributed by atoms with E-state index in [9.17, 15) is 0 Å². The molecule has 0 aliphatic carbocycles. The van der Waals surface area contributed by atoms with Crippen LogP contribution < -0.4 is 0 Å². The Kier molecular flexibility index (Phi) is 6.33. The van der Waals surface area contributed by atoms with Crippen LogP contribution in [0.5, 0.6) is 0 Å². The van der Waals surface area contributed by atoms with E-state index < -0.39 is 0 Å². The Hall–Kier alpha value is -6.50. The second-order valence-electron chi connectivity index (χ2n) is 13.3. The van der Waals surface area contributed by atoms with Gasteiger partial charge in [0.05, 0.1) is 0 Å². The molecule has 0 fully saturated rings. The molecule has 11 rings (SSSR count). The summed E-state index contributed by atoms with van der Waals surface area (Å²) in [5.74, 6) is 1.51. The normalized spacial score (nSPS) is 15.0. The smallest absolute Gasteiger partial charge is 0.160 e. The highest BCUT2D eigenvalue weighted by molar-refractivity contribution is 7.26. The van der Waals surface area contributed by atoms with Gasteiger partial charge in [-0.05, 0) is 42.0 Å². The van der Waals surface area contributed by atoms with Crippen LogP contribution in [-0.2, 0) is 0 Å². The highest BCUT2D eigenvalue weighted by Gasteiger charge is 2.28. The van der Waals surface area contributed by atoms with Gasteiger partial charge < -0.3 is 13.7 Å². The number of benzene rings is 7. The van der Waals surface area contributed by atoms with E-state index in [1.807, 2.05) is 47.7 Å². The molecule has 1 aliphatic rings. The van der Waals surface area contributed by atoms with Gasteiger partial charge in [-0.25, -0.2) is 9.98 Å². The molecule has 10 aromatic rings.